The van der Waals surface area contributed by atoms with E-state index in [4.69, 9.17) is 9.84 Å². The smallest absolute Gasteiger partial charge is 0.321 e. The van der Waals surface area contributed by atoms with Gasteiger partial charge in [0.25, 0.3) is 0 Å². The lowest BCUT2D eigenvalue weighted by Gasteiger charge is -2.29. The van der Waals surface area contributed by atoms with Crippen LogP contribution in [0, 0.1) is 5.92 Å². The summed E-state index contributed by atoms with van der Waals surface area (Å²) in [6.45, 7) is 4.38. The van der Waals surface area contributed by atoms with E-state index in [1.54, 1.807) is 32.3 Å². The molecule has 2 amide bonds. The van der Waals surface area contributed by atoms with Crippen molar-refractivity contribution < 1.29 is 19.4 Å². The van der Waals surface area contributed by atoms with Gasteiger partial charge in [0, 0.05) is 32.9 Å². The lowest BCUT2D eigenvalue weighted by atomic mass is 10.2. The van der Waals surface area contributed by atoms with Crippen molar-refractivity contribution >= 4 is 23.5 Å². The van der Waals surface area contributed by atoms with Crippen LogP contribution in [0.2, 0.25) is 0 Å². The molecule has 0 aromatic carbocycles. The molecule has 1 aromatic heterocycles. The number of pyridine rings is 1. The number of carbonyl (C=O) groups excluding carboxylic acids is 1. The lowest BCUT2D eigenvalue weighted by Crippen LogP contribution is -2.39. The number of hydrogen-bond donors (Lipinski definition) is 2. The Morgan fingerprint density at radius 3 is 2.83 bits per heavy atom. The van der Waals surface area contributed by atoms with Crippen molar-refractivity contribution in [1.29, 1.82) is 0 Å². The number of rotatable bonds is 5. The number of ether oxygens (including phenoxy) is 1. The van der Waals surface area contributed by atoms with Gasteiger partial charge in [-0.3, -0.25) is 4.79 Å². The van der Waals surface area contributed by atoms with Crippen LogP contribution in [-0.4, -0.2) is 66.9 Å². The van der Waals surface area contributed by atoms with E-state index in [-0.39, 0.29) is 12.6 Å². The summed E-state index contributed by atoms with van der Waals surface area (Å²) in [5, 5.41) is 11.7. The molecule has 2 heterocycles. The van der Waals surface area contributed by atoms with Crippen LogP contribution >= 0.6 is 0 Å². The van der Waals surface area contributed by atoms with Crippen molar-refractivity contribution in [2.45, 2.75) is 6.92 Å². The largest absolute Gasteiger partial charge is 0.481 e. The van der Waals surface area contributed by atoms with Crippen LogP contribution in [0.3, 0.4) is 0 Å². The van der Waals surface area contributed by atoms with E-state index in [1.165, 1.54) is 4.90 Å². The lowest BCUT2D eigenvalue weighted by molar-refractivity contribution is -0.141. The van der Waals surface area contributed by atoms with Crippen LogP contribution in [-0.2, 0) is 9.53 Å². The van der Waals surface area contributed by atoms with Crippen molar-refractivity contribution in [2.75, 3.05) is 50.1 Å². The molecule has 1 fully saturated rings. The van der Waals surface area contributed by atoms with Crippen molar-refractivity contribution in [1.82, 2.24) is 9.88 Å². The van der Waals surface area contributed by atoms with E-state index in [9.17, 15) is 9.59 Å². The van der Waals surface area contributed by atoms with Crippen molar-refractivity contribution in [2.24, 2.45) is 5.92 Å². The van der Waals surface area contributed by atoms with Gasteiger partial charge in [0.05, 0.1) is 24.8 Å². The fourth-order valence-electron chi connectivity index (χ4n) is 2.30. The maximum Gasteiger partial charge on any atom is 0.321 e. The minimum Gasteiger partial charge on any atom is -0.481 e. The molecule has 1 aliphatic rings. The summed E-state index contributed by atoms with van der Waals surface area (Å²) in [7, 11) is 1.57. The predicted molar refractivity (Wildman–Crippen MR) is 85.7 cm³/mol. The molecule has 2 rings (SSSR count). The molecule has 1 unspecified atom stereocenters. The number of aromatic nitrogens is 1. The van der Waals surface area contributed by atoms with Gasteiger partial charge in [-0.25, -0.2) is 9.78 Å². The molecule has 1 saturated heterocycles. The summed E-state index contributed by atoms with van der Waals surface area (Å²) in [4.78, 5) is 30.9. The highest BCUT2D eigenvalue weighted by Gasteiger charge is 2.20. The van der Waals surface area contributed by atoms with Crippen LogP contribution in [0.5, 0.6) is 0 Å². The standard InChI is InChI=1S/C15H22N4O4/c1-11(14(20)21)10-18(2)15(22)17-12-4-3-5-16-13(12)19-6-8-23-9-7-19/h3-5,11H,6-10H2,1-2H3,(H,17,22)(H,20,21). The molecular formula is C15H22N4O4. The first-order chi connectivity index (χ1) is 11.0. The Morgan fingerprint density at radius 2 is 2.17 bits per heavy atom. The van der Waals surface area contributed by atoms with Crippen LogP contribution in [0.4, 0.5) is 16.3 Å². The fraction of sp³-hybridized carbons (Fsp3) is 0.533. The Hall–Kier alpha value is -2.35. The quantitative estimate of drug-likeness (QED) is 0.843. The van der Waals surface area contributed by atoms with Crippen LogP contribution in [0.15, 0.2) is 18.3 Å². The Kier molecular flexibility index (Phi) is 5.75. The molecule has 0 saturated carbocycles. The molecule has 1 aromatic rings. The van der Waals surface area contributed by atoms with E-state index in [0.717, 1.165) is 0 Å². The van der Waals surface area contributed by atoms with E-state index >= 15 is 0 Å². The average Bonchev–Trinajstić information content (AvgIpc) is 2.56. The summed E-state index contributed by atoms with van der Waals surface area (Å²) in [5.41, 5.74) is 0.606. The van der Waals surface area contributed by atoms with Gasteiger partial charge in [-0.05, 0) is 12.1 Å². The number of nitrogens with zero attached hydrogens (tertiary/aromatic N) is 3. The van der Waals surface area contributed by atoms with Gasteiger partial charge in [0.1, 0.15) is 0 Å². The van der Waals surface area contributed by atoms with Gasteiger partial charge in [-0.1, -0.05) is 6.92 Å². The second kappa shape index (κ2) is 7.77. The van der Waals surface area contributed by atoms with Crippen LogP contribution in [0.25, 0.3) is 0 Å². The maximum atomic E-state index is 12.3. The van der Waals surface area contributed by atoms with E-state index < -0.39 is 11.9 Å². The van der Waals surface area contributed by atoms with E-state index in [2.05, 4.69) is 15.2 Å². The van der Waals surface area contributed by atoms with Crippen molar-refractivity contribution in [3.8, 4) is 0 Å². The first-order valence-corrected chi connectivity index (χ1v) is 7.51. The number of carboxylic acids is 1. The first kappa shape index (κ1) is 17.0. The number of morpholine rings is 1. The van der Waals surface area contributed by atoms with Gasteiger partial charge >= 0.3 is 12.0 Å². The van der Waals surface area contributed by atoms with Crippen molar-refractivity contribution in [3.05, 3.63) is 18.3 Å². The summed E-state index contributed by atoms with van der Waals surface area (Å²) in [5.74, 6) is -0.859. The van der Waals surface area contributed by atoms with E-state index in [1.807, 2.05) is 0 Å². The number of urea groups is 1. The van der Waals surface area contributed by atoms with Gasteiger partial charge in [-0.15, -0.1) is 0 Å². The van der Waals surface area contributed by atoms with Gasteiger partial charge in [0.15, 0.2) is 5.82 Å². The molecule has 1 aliphatic heterocycles. The number of aliphatic carboxylic acids is 1. The molecule has 0 bridgehead atoms. The first-order valence-electron chi connectivity index (χ1n) is 7.51. The van der Waals surface area contributed by atoms with E-state index in [0.29, 0.717) is 37.8 Å². The third kappa shape index (κ3) is 4.56. The molecule has 0 spiro atoms. The highest BCUT2D eigenvalue weighted by atomic mass is 16.5. The Balaban J connectivity index is 2.04. The Bertz CT molecular complexity index is 560. The summed E-state index contributed by atoms with van der Waals surface area (Å²) >= 11 is 0. The second-order valence-corrected chi connectivity index (χ2v) is 5.52. The number of hydrogen-bond acceptors (Lipinski definition) is 5. The maximum absolute atomic E-state index is 12.3. The van der Waals surface area contributed by atoms with Gasteiger partial charge in [-0.2, -0.15) is 0 Å². The van der Waals surface area contributed by atoms with Crippen LogP contribution < -0.4 is 10.2 Å². The van der Waals surface area contributed by atoms with Crippen LogP contribution in [0.1, 0.15) is 6.92 Å². The second-order valence-electron chi connectivity index (χ2n) is 5.52. The minimum absolute atomic E-state index is 0.133. The molecule has 2 N–H and O–H groups in total. The van der Waals surface area contributed by atoms with Gasteiger partial charge in [0.2, 0.25) is 0 Å². The number of carboxylic acid groups (broad SMARTS) is 1. The monoisotopic (exact) mass is 322 g/mol. The molecule has 126 valence electrons. The molecule has 1 atom stereocenters. The number of nitrogens with one attached hydrogen (secondary N) is 1. The third-order valence-corrected chi connectivity index (χ3v) is 3.65. The number of amides is 2. The molecule has 0 aliphatic carbocycles. The molecule has 8 nitrogen and oxygen atoms in total. The fourth-order valence-corrected chi connectivity index (χ4v) is 2.30. The highest BCUT2D eigenvalue weighted by molar-refractivity contribution is 5.92. The van der Waals surface area contributed by atoms with Gasteiger partial charge < -0.3 is 25.0 Å². The summed E-state index contributed by atoms with van der Waals surface area (Å²) in [6.07, 6.45) is 1.68. The average molecular weight is 322 g/mol. The zero-order chi connectivity index (χ0) is 16.8. The Morgan fingerprint density at radius 1 is 1.48 bits per heavy atom. The zero-order valence-electron chi connectivity index (χ0n) is 13.4. The summed E-state index contributed by atoms with van der Waals surface area (Å²) in [6, 6.07) is 3.17. The normalized spacial score (nSPS) is 15.8. The SMILES string of the molecule is CC(CN(C)C(=O)Nc1cccnc1N1CCOCC1)C(=O)O. The summed E-state index contributed by atoms with van der Waals surface area (Å²) < 4.78 is 5.33. The number of carbonyl (C=O) groups is 2. The third-order valence-electron chi connectivity index (χ3n) is 3.65. The highest BCUT2D eigenvalue weighted by Crippen LogP contribution is 2.23. The predicted octanol–water partition coefficient (Wildman–Crippen LogP) is 1.10. The molecule has 23 heavy (non-hydrogen) atoms. The molecule has 8 heteroatoms. The molecule has 0 radical (unpaired) electrons. The van der Waals surface area contributed by atoms with Crippen molar-refractivity contribution in [3.63, 3.8) is 0 Å². The number of anilines is 2. The zero-order valence-corrected chi connectivity index (χ0v) is 13.4. The minimum atomic E-state index is -0.931. The topological polar surface area (TPSA) is 95.0 Å². The molecular weight excluding hydrogens is 300 g/mol. The Labute approximate surface area is 135 Å².